The van der Waals surface area contributed by atoms with Crippen LogP contribution in [0.2, 0.25) is 0 Å². The van der Waals surface area contributed by atoms with E-state index in [1.807, 2.05) is 0 Å². The highest BCUT2D eigenvalue weighted by atomic mass is 19.4. The normalized spacial score (nSPS) is 20.5. The van der Waals surface area contributed by atoms with Crippen molar-refractivity contribution in [3.63, 3.8) is 0 Å². The van der Waals surface area contributed by atoms with E-state index in [-0.39, 0.29) is 25.3 Å². The Balaban J connectivity index is 1.76. The Bertz CT molecular complexity index is 649. The third-order valence-corrected chi connectivity index (χ3v) is 3.61. The predicted molar refractivity (Wildman–Crippen MR) is 77.9 cm³/mol. The molecule has 2 rings (SSSR count). The van der Waals surface area contributed by atoms with Gasteiger partial charge in [-0.05, 0) is 25.3 Å². The summed E-state index contributed by atoms with van der Waals surface area (Å²) in [6, 6.07) is 1.39. The van der Waals surface area contributed by atoms with Crippen molar-refractivity contribution < 1.29 is 32.6 Å². The fraction of sp³-hybridized carbons (Fsp3) is 0.643. The second kappa shape index (κ2) is 8.30. The maximum atomic E-state index is 12.0. The zero-order valence-electron chi connectivity index (χ0n) is 13.2. The summed E-state index contributed by atoms with van der Waals surface area (Å²) in [5, 5.41) is 8.69. The van der Waals surface area contributed by atoms with E-state index < -0.39 is 36.6 Å². The van der Waals surface area contributed by atoms with E-state index in [1.165, 1.54) is 16.8 Å². The number of halogens is 3. The topological polar surface area (TPSA) is 103 Å². The van der Waals surface area contributed by atoms with Gasteiger partial charge in [-0.2, -0.15) is 18.2 Å². The Morgan fingerprint density at radius 2 is 2.24 bits per heavy atom. The van der Waals surface area contributed by atoms with Crippen LogP contribution < -0.4 is 11.2 Å². The van der Waals surface area contributed by atoms with Gasteiger partial charge in [0.05, 0.1) is 6.10 Å². The van der Waals surface area contributed by atoms with Gasteiger partial charge in [-0.3, -0.25) is 20.0 Å². The number of nitrogens with one attached hydrogen (secondary N) is 1. The molecule has 1 fully saturated rings. The van der Waals surface area contributed by atoms with E-state index >= 15 is 0 Å². The molecule has 0 aliphatic carbocycles. The standard InChI is InChI=1S/C14H18F3N3O5/c15-14(16,17)6-1-2-12(21)24-8-9-3-4-11(25-9)20-7-5-10(19-23)18-13(20)22/h5,7,9,11,23H,1-4,6,8H2,(H,18,19,22). The van der Waals surface area contributed by atoms with E-state index in [2.05, 4.69) is 4.98 Å². The number of alkyl halides is 3. The Morgan fingerprint density at radius 3 is 2.88 bits per heavy atom. The van der Waals surface area contributed by atoms with E-state index in [4.69, 9.17) is 14.7 Å². The van der Waals surface area contributed by atoms with E-state index in [1.54, 1.807) is 5.48 Å². The van der Waals surface area contributed by atoms with Crippen LogP contribution in [0.1, 0.15) is 38.3 Å². The van der Waals surface area contributed by atoms with Gasteiger partial charge in [-0.25, -0.2) is 4.79 Å². The van der Waals surface area contributed by atoms with Crippen molar-refractivity contribution in [1.29, 1.82) is 0 Å². The molecule has 1 saturated heterocycles. The van der Waals surface area contributed by atoms with Crippen LogP contribution in [-0.2, 0) is 14.3 Å². The zero-order valence-corrected chi connectivity index (χ0v) is 13.2. The Morgan fingerprint density at radius 1 is 1.48 bits per heavy atom. The molecule has 2 N–H and O–H groups in total. The number of esters is 1. The third kappa shape index (κ3) is 6.02. The molecule has 0 spiro atoms. The molecule has 1 aliphatic heterocycles. The second-order valence-electron chi connectivity index (χ2n) is 5.56. The van der Waals surface area contributed by atoms with Crippen molar-refractivity contribution in [1.82, 2.24) is 9.55 Å². The molecule has 0 aromatic carbocycles. The molecule has 0 saturated carbocycles. The molecule has 2 heterocycles. The highest BCUT2D eigenvalue weighted by Gasteiger charge is 2.29. The lowest BCUT2D eigenvalue weighted by Crippen LogP contribution is -2.28. The summed E-state index contributed by atoms with van der Waals surface area (Å²) in [6.07, 6.45) is -4.55. The van der Waals surface area contributed by atoms with Crippen LogP contribution in [0.5, 0.6) is 0 Å². The first-order chi connectivity index (χ1) is 11.8. The smallest absolute Gasteiger partial charge is 0.389 e. The summed E-state index contributed by atoms with van der Waals surface area (Å²) in [5.41, 5.74) is 1.14. The first-order valence-electron chi connectivity index (χ1n) is 7.65. The number of anilines is 1. The first kappa shape index (κ1) is 19.2. The SMILES string of the molecule is O=C(CCCC(F)(F)F)OCC1CCC(n2ccc(NO)nc2=O)O1. The molecule has 25 heavy (non-hydrogen) atoms. The van der Waals surface area contributed by atoms with E-state index in [0.717, 1.165) is 0 Å². The fourth-order valence-corrected chi connectivity index (χ4v) is 2.40. The maximum absolute atomic E-state index is 12.0. The number of hydrogen-bond acceptors (Lipinski definition) is 7. The number of hydrogen-bond donors (Lipinski definition) is 2. The van der Waals surface area contributed by atoms with Crippen molar-refractivity contribution in [2.75, 3.05) is 12.1 Å². The molecule has 1 aromatic heterocycles. The molecule has 0 radical (unpaired) electrons. The zero-order chi connectivity index (χ0) is 18.4. The average molecular weight is 365 g/mol. The largest absolute Gasteiger partial charge is 0.463 e. The molecule has 8 nitrogen and oxygen atoms in total. The van der Waals surface area contributed by atoms with Gasteiger partial charge in [0.2, 0.25) is 0 Å². The van der Waals surface area contributed by atoms with Crippen LogP contribution in [0, 0.1) is 0 Å². The van der Waals surface area contributed by atoms with Gasteiger partial charge in [-0.1, -0.05) is 0 Å². The van der Waals surface area contributed by atoms with Gasteiger partial charge in [0.1, 0.15) is 12.8 Å². The van der Waals surface area contributed by atoms with Crippen molar-refractivity contribution in [2.24, 2.45) is 0 Å². The van der Waals surface area contributed by atoms with Crippen LogP contribution in [-0.4, -0.2) is 39.6 Å². The molecule has 2 atom stereocenters. The molecule has 2 unspecified atom stereocenters. The minimum atomic E-state index is -4.29. The van der Waals surface area contributed by atoms with Gasteiger partial charge in [-0.15, -0.1) is 0 Å². The Kier molecular flexibility index (Phi) is 6.37. The van der Waals surface area contributed by atoms with Crippen LogP contribution in [0.15, 0.2) is 17.1 Å². The van der Waals surface area contributed by atoms with Crippen LogP contribution in [0.25, 0.3) is 0 Å². The minimum Gasteiger partial charge on any atom is -0.463 e. The van der Waals surface area contributed by atoms with E-state index in [0.29, 0.717) is 12.8 Å². The molecular weight excluding hydrogens is 347 g/mol. The molecule has 140 valence electrons. The summed E-state index contributed by atoms with van der Waals surface area (Å²) in [7, 11) is 0. The molecule has 1 aromatic rings. The number of aromatic nitrogens is 2. The van der Waals surface area contributed by atoms with Crippen LogP contribution in [0.4, 0.5) is 19.0 Å². The van der Waals surface area contributed by atoms with Gasteiger partial charge >= 0.3 is 17.8 Å². The lowest BCUT2D eigenvalue weighted by Gasteiger charge is -2.16. The molecule has 0 amide bonds. The van der Waals surface area contributed by atoms with Crippen molar-refractivity contribution in [3.05, 3.63) is 22.7 Å². The Labute approximate surface area is 140 Å². The number of carbonyl (C=O) groups is 1. The predicted octanol–water partition coefficient (Wildman–Crippen LogP) is 2.00. The maximum Gasteiger partial charge on any atom is 0.389 e. The molecule has 0 bridgehead atoms. The quantitative estimate of drug-likeness (QED) is 0.563. The molecule has 11 heteroatoms. The third-order valence-electron chi connectivity index (χ3n) is 3.61. The van der Waals surface area contributed by atoms with E-state index in [9.17, 15) is 22.8 Å². The summed E-state index contributed by atoms with van der Waals surface area (Å²) in [4.78, 5) is 26.8. The summed E-state index contributed by atoms with van der Waals surface area (Å²) in [6.45, 7) is -0.0835. The number of ether oxygens (including phenoxy) is 2. The lowest BCUT2D eigenvalue weighted by molar-refractivity contribution is -0.151. The minimum absolute atomic E-state index is 0.00332. The summed E-state index contributed by atoms with van der Waals surface area (Å²) in [5.74, 6) is -0.711. The Hall–Kier alpha value is -2.14. The monoisotopic (exact) mass is 365 g/mol. The van der Waals surface area contributed by atoms with Crippen LogP contribution >= 0.6 is 0 Å². The number of carbonyl (C=O) groups excluding carboxylic acids is 1. The van der Waals surface area contributed by atoms with Crippen molar-refractivity contribution in [3.8, 4) is 0 Å². The first-order valence-corrected chi connectivity index (χ1v) is 7.65. The summed E-state index contributed by atoms with van der Waals surface area (Å²) < 4.78 is 47.7. The highest BCUT2D eigenvalue weighted by Crippen LogP contribution is 2.27. The van der Waals surface area contributed by atoms with Gasteiger partial charge in [0.25, 0.3) is 0 Å². The average Bonchev–Trinajstić information content (AvgIpc) is 3.00. The number of rotatable bonds is 7. The fourth-order valence-electron chi connectivity index (χ4n) is 2.40. The van der Waals surface area contributed by atoms with Crippen molar-refractivity contribution in [2.45, 2.75) is 50.6 Å². The van der Waals surface area contributed by atoms with Gasteiger partial charge in [0.15, 0.2) is 5.82 Å². The van der Waals surface area contributed by atoms with Crippen molar-refractivity contribution >= 4 is 11.8 Å². The van der Waals surface area contributed by atoms with Gasteiger partial charge < -0.3 is 9.47 Å². The number of nitrogens with zero attached hydrogens (tertiary/aromatic N) is 2. The summed E-state index contributed by atoms with van der Waals surface area (Å²) >= 11 is 0. The second-order valence-corrected chi connectivity index (χ2v) is 5.56. The lowest BCUT2D eigenvalue weighted by atomic mass is 10.2. The molecule has 1 aliphatic rings. The van der Waals surface area contributed by atoms with Crippen LogP contribution in [0.3, 0.4) is 0 Å². The van der Waals surface area contributed by atoms with Gasteiger partial charge in [0, 0.05) is 19.0 Å². The highest BCUT2D eigenvalue weighted by molar-refractivity contribution is 5.69. The molecular formula is C14H18F3N3O5.